The van der Waals surface area contributed by atoms with Gasteiger partial charge in [-0.1, -0.05) is 12.1 Å². The Bertz CT molecular complexity index is 909. The summed E-state index contributed by atoms with van der Waals surface area (Å²) in [7, 11) is 5.34. The van der Waals surface area contributed by atoms with Gasteiger partial charge in [0.1, 0.15) is 11.6 Å². The molecule has 0 aliphatic carbocycles. The Hall–Kier alpha value is -3.09. The zero-order valence-electron chi connectivity index (χ0n) is 15.5. The number of benzene rings is 1. The number of amides is 1. The first-order chi connectivity index (χ1) is 12.5. The van der Waals surface area contributed by atoms with Gasteiger partial charge in [-0.3, -0.25) is 14.2 Å². The maximum Gasteiger partial charge on any atom is 0.225 e. The van der Waals surface area contributed by atoms with Gasteiger partial charge in [-0.05, 0) is 37.1 Å². The molecule has 0 saturated heterocycles. The highest BCUT2D eigenvalue weighted by molar-refractivity contribution is 5.95. The van der Waals surface area contributed by atoms with E-state index in [0.717, 1.165) is 28.3 Å². The summed E-state index contributed by atoms with van der Waals surface area (Å²) in [5, 5.41) is 11.6. The van der Waals surface area contributed by atoms with Crippen molar-refractivity contribution in [3.05, 3.63) is 47.9 Å². The molecule has 1 N–H and O–H groups in total. The van der Waals surface area contributed by atoms with Gasteiger partial charge in [0.2, 0.25) is 5.91 Å². The van der Waals surface area contributed by atoms with Crippen molar-refractivity contribution in [3.8, 4) is 16.9 Å². The molecule has 0 spiro atoms. The smallest absolute Gasteiger partial charge is 0.225 e. The van der Waals surface area contributed by atoms with E-state index < -0.39 is 0 Å². The zero-order chi connectivity index (χ0) is 18.7. The second kappa shape index (κ2) is 7.43. The fourth-order valence-corrected chi connectivity index (χ4v) is 2.99. The van der Waals surface area contributed by atoms with E-state index in [1.165, 1.54) is 0 Å². The second-order valence-corrected chi connectivity index (χ2v) is 6.16. The van der Waals surface area contributed by atoms with Crippen LogP contribution in [-0.2, 0) is 25.3 Å². The fraction of sp³-hybridized carbons (Fsp3) is 0.316. The molecule has 3 aromatic rings. The van der Waals surface area contributed by atoms with E-state index in [0.29, 0.717) is 18.7 Å². The molecule has 7 nitrogen and oxygen atoms in total. The lowest BCUT2D eigenvalue weighted by Crippen LogP contribution is -2.16. The van der Waals surface area contributed by atoms with Crippen molar-refractivity contribution < 1.29 is 9.53 Å². The largest absolute Gasteiger partial charge is 0.497 e. The molecule has 0 fully saturated rings. The third kappa shape index (κ3) is 3.61. The Morgan fingerprint density at radius 3 is 2.50 bits per heavy atom. The first kappa shape index (κ1) is 17.7. The number of hydrogen-bond acceptors (Lipinski definition) is 4. The van der Waals surface area contributed by atoms with Crippen LogP contribution in [0.15, 0.2) is 36.5 Å². The van der Waals surface area contributed by atoms with Gasteiger partial charge in [0.25, 0.3) is 0 Å². The summed E-state index contributed by atoms with van der Waals surface area (Å²) in [6.45, 7) is 1.94. The lowest BCUT2D eigenvalue weighted by atomic mass is 10.1. The summed E-state index contributed by atoms with van der Waals surface area (Å²) in [4.78, 5) is 12.5. The lowest BCUT2D eigenvalue weighted by molar-refractivity contribution is -0.116. The van der Waals surface area contributed by atoms with E-state index in [1.54, 1.807) is 22.7 Å². The van der Waals surface area contributed by atoms with Crippen LogP contribution in [0, 0.1) is 6.92 Å². The minimum Gasteiger partial charge on any atom is -0.497 e. The van der Waals surface area contributed by atoms with Crippen LogP contribution >= 0.6 is 0 Å². The summed E-state index contributed by atoms with van der Waals surface area (Å²) < 4.78 is 8.70. The van der Waals surface area contributed by atoms with E-state index >= 15 is 0 Å². The average Bonchev–Trinajstić information content (AvgIpc) is 3.16. The predicted molar refractivity (Wildman–Crippen MR) is 100 cm³/mol. The topological polar surface area (TPSA) is 74.0 Å². The normalized spacial score (nSPS) is 10.8. The van der Waals surface area contributed by atoms with Crippen molar-refractivity contribution in [2.45, 2.75) is 19.8 Å². The van der Waals surface area contributed by atoms with Gasteiger partial charge in [0, 0.05) is 38.0 Å². The molecule has 1 aromatic carbocycles. The van der Waals surface area contributed by atoms with E-state index in [9.17, 15) is 4.79 Å². The highest BCUT2D eigenvalue weighted by atomic mass is 16.5. The molecule has 136 valence electrons. The highest BCUT2D eigenvalue weighted by Crippen LogP contribution is 2.32. The SMILES string of the molecule is COc1ccc(-c2c(C)nn(C)c2NC(=O)CCc2ccnn2C)cc1. The molecule has 0 aliphatic heterocycles. The van der Waals surface area contributed by atoms with Gasteiger partial charge >= 0.3 is 0 Å². The van der Waals surface area contributed by atoms with Crippen molar-refractivity contribution in [1.82, 2.24) is 19.6 Å². The first-order valence-corrected chi connectivity index (χ1v) is 8.44. The molecule has 3 rings (SSSR count). The third-order valence-corrected chi connectivity index (χ3v) is 4.39. The molecule has 0 bridgehead atoms. The number of methoxy groups -OCH3 is 1. The summed E-state index contributed by atoms with van der Waals surface area (Å²) in [6.07, 6.45) is 2.75. The summed E-state index contributed by atoms with van der Waals surface area (Å²) in [5.74, 6) is 1.43. The first-order valence-electron chi connectivity index (χ1n) is 8.44. The zero-order valence-corrected chi connectivity index (χ0v) is 15.5. The Labute approximate surface area is 152 Å². The number of anilines is 1. The van der Waals surface area contributed by atoms with Crippen LogP contribution in [0.25, 0.3) is 11.1 Å². The van der Waals surface area contributed by atoms with Gasteiger partial charge in [-0.2, -0.15) is 10.2 Å². The molecular formula is C19H23N5O2. The maximum absolute atomic E-state index is 12.5. The minimum atomic E-state index is -0.0519. The number of hydrogen-bond donors (Lipinski definition) is 1. The van der Waals surface area contributed by atoms with Crippen LogP contribution in [0.2, 0.25) is 0 Å². The number of ether oxygens (including phenoxy) is 1. The van der Waals surface area contributed by atoms with E-state index in [2.05, 4.69) is 15.5 Å². The molecule has 0 saturated carbocycles. The van der Waals surface area contributed by atoms with Crippen LogP contribution < -0.4 is 10.1 Å². The number of carbonyl (C=O) groups is 1. The van der Waals surface area contributed by atoms with Crippen molar-refractivity contribution in [1.29, 1.82) is 0 Å². The summed E-state index contributed by atoms with van der Waals surface area (Å²) in [6, 6.07) is 9.65. The molecular weight excluding hydrogens is 330 g/mol. The van der Waals surface area contributed by atoms with Crippen molar-refractivity contribution in [3.63, 3.8) is 0 Å². The molecule has 2 heterocycles. The van der Waals surface area contributed by atoms with E-state index in [1.807, 2.05) is 51.4 Å². The third-order valence-electron chi connectivity index (χ3n) is 4.39. The van der Waals surface area contributed by atoms with E-state index in [4.69, 9.17) is 4.74 Å². The second-order valence-electron chi connectivity index (χ2n) is 6.16. The molecule has 7 heteroatoms. The summed E-state index contributed by atoms with van der Waals surface area (Å²) >= 11 is 0. The number of aromatic nitrogens is 4. The molecule has 0 atom stereocenters. The van der Waals surface area contributed by atoms with Crippen LogP contribution in [0.4, 0.5) is 5.82 Å². The average molecular weight is 353 g/mol. The Morgan fingerprint density at radius 2 is 1.88 bits per heavy atom. The maximum atomic E-state index is 12.5. The number of rotatable bonds is 6. The molecule has 0 aliphatic rings. The Morgan fingerprint density at radius 1 is 1.15 bits per heavy atom. The quantitative estimate of drug-likeness (QED) is 0.739. The molecule has 0 radical (unpaired) electrons. The molecule has 1 amide bonds. The van der Waals surface area contributed by atoms with E-state index in [-0.39, 0.29) is 5.91 Å². The van der Waals surface area contributed by atoms with Crippen molar-refractivity contribution in [2.24, 2.45) is 14.1 Å². The van der Waals surface area contributed by atoms with Crippen LogP contribution in [0.1, 0.15) is 17.8 Å². The van der Waals surface area contributed by atoms with Crippen molar-refractivity contribution >= 4 is 11.7 Å². The van der Waals surface area contributed by atoms with Gasteiger partial charge in [-0.25, -0.2) is 0 Å². The monoisotopic (exact) mass is 353 g/mol. The van der Waals surface area contributed by atoms with Gasteiger partial charge in [-0.15, -0.1) is 0 Å². The predicted octanol–water partition coefficient (Wildman–Crippen LogP) is 2.71. The number of carbonyl (C=O) groups excluding carboxylic acids is 1. The number of nitrogens with zero attached hydrogens (tertiary/aromatic N) is 4. The van der Waals surface area contributed by atoms with Gasteiger partial charge < -0.3 is 10.1 Å². The Balaban J connectivity index is 1.79. The minimum absolute atomic E-state index is 0.0519. The summed E-state index contributed by atoms with van der Waals surface area (Å²) in [5.41, 5.74) is 3.79. The number of nitrogens with one attached hydrogen (secondary N) is 1. The highest BCUT2D eigenvalue weighted by Gasteiger charge is 2.17. The molecule has 26 heavy (non-hydrogen) atoms. The van der Waals surface area contributed by atoms with Gasteiger partial charge in [0.05, 0.1) is 12.8 Å². The Kier molecular flexibility index (Phi) is 5.06. The molecule has 2 aromatic heterocycles. The van der Waals surface area contributed by atoms with Crippen molar-refractivity contribution in [2.75, 3.05) is 12.4 Å². The van der Waals surface area contributed by atoms with Crippen LogP contribution in [0.3, 0.4) is 0 Å². The molecule has 0 unspecified atom stereocenters. The van der Waals surface area contributed by atoms with Gasteiger partial charge in [0.15, 0.2) is 0 Å². The lowest BCUT2D eigenvalue weighted by Gasteiger charge is -2.10. The number of aryl methyl sites for hydroxylation is 4. The van der Waals surface area contributed by atoms with Crippen LogP contribution in [-0.4, -0.2) is 32.6 Å². The standard InChI is InChI=1S/C19H23N5O2/c1-13-18(14-5-8-16(26-4)9-6-14)19(24(3)22-13)21-17(25)10-7-15-11-12-20-23(15)2/h5-6,8-9,11-12H,7,10H2,1-4H3,(H,21,25). The fourth-order valence-electron chi connectivity index (χ4n) is 2.99. The van der Waals surface area contributed by atoms with Crippen LogP contribution in [0.5, 0.6) is 5.75 Å².